The van der Waals surface area contributed by atoms with Crippen LogP contribution in [0.2, 0.25) is 10.0 Å². The summed E-state index contributed by atoms with van der Waals surface area (Å²) in [6.07, 6.45) is 2.66. The highest BCUT2D eigenvalue weighted by molar-refractivity contribution is 6.35. The molecule has 0 saturated heterocycles. The molecule has 8 heteroatoms. The molecule has 2 aromatic heterocycles. The largest absolute Gasteiger partial charge is 0.497 e. The Bertz CT molecular complexity index is 1310. The second-order valence-corrected chi connectivity index (χ2v) is 8.50. The van der Waals surface area contributed by atoms with Crippen molar-refractivity contribution in [3.8, 4) is 5.75 Å². The zero-order valence-corrected chi connectivity index (χ0v) is 18.5. The van der Waals surface area contributed by atoms with Crippen molar-refractivity contribution in [1.82, 2.24) is 20.1 Å². The van der Waals surface area contributed by atoms with E-state index < -0.39 is 0 Å². The topological polar surface area (TPSA) is 74.0 Å². The Kier molecular flexibility index (Phi) is 4.91. The molecule has 158 valence electrons. The van der Waals surface area contributed by atoms with Gasteiger partial charge in [-0.2, -0.15) is 5.10 Å². The average Bonchev–Trinajstić information content (AvgIpc) is 3.41. The molecular formula is C23H20Cl2N4O2. The smallest absolute Gasteiger partial charge is 0.275 e. The molecule has 0 saturated carbocycles. The van der Waals surface area contributed by atoms with Crippen LogP contribution < -0.4 is 4.74 Å². The number of ether oxygens (including phenoxy) is 1. The molecule has 31 heavy (non-hydrogen) atoms. The van der Waals surface area contributed by atoms with Crippen molar-refractivity contribution >= 4 is 40.0 Å². The van der Waals surface area contributed by atoms with Crippen LogP contribution in [-0.4, -0.2) is 39.6 Å². The van der Waals surface area contributed by atoms with Crippen molar-refractivity contribution in [3.63, 3.8) is 0 Å². The Morgan fingerprint density at radius 2 is 2.03 bits per heavy atom. The second kappa shape index (κ2) is 7.62. The monoisotopic (exact) mass is 454 g/mol. The van der Waals surface area contributed by atoms with E-state index in [-0.39, 0.29) is 11.9 Å². The van der Waals surface area contributed by atoms with Gasteiger partial charge in [0.2, 0.25) is 0 Å². The van der Waals surface area contributed by atoms with E-state index in [0.717, 1.165) is 39.0 Å². The molecule has 1 amide bonds. The lowest BCUT2D eigenvalue weighted by molar-refractivity contribution is 0.0745. The summed E-state index contributed by atoms with van der Waals surface area (Å²) in [6.45, 7) is 2.44. The van der Waals surface area contributed by atoms with Crippen LogP contribution in [-0.2, 0) is 6.42 Å². The molecule has 2 N–H and O–H groups in total. The number of aromatic amines is 2. The number of halogens is 2. The van der Waals surface area contributed by atoms with Crippen LogP contribution in [0.3, 0.4) is 0 Å². The molecule has 4 aromatic rings. The van der Waals surface area contributed by atoms with Gasteiger partial charge in [-0.1, -0.05) is 29.3 Å². The molecule has 3 heterocycles. The molecule has 0 radical (unpaired) electrons. The van der Waals surface area contributed by atoms with Gasteiger partial charge in [-0.15, -0.1) is 0 Å². The lowest BCUT2D eigenvalue weighted by Crippen LogP contribution is -2.31. The van der Waals surface area contributed by atoms with E-state index in [0.29, 0.717) is 28.7 Å². The van der Waals surface area contributed by atoms with E-state index in [9.17, 15) is 4.79 Å². The molecule has 0 fully saturated rings. The molecule has 0 bridgehead atoms. The summed E-state index contributed by atoms with van der Waals surface area (Å²) in [4.78, 5) is 18.4. The summed E-state index contributed by atoms with van der Waals surface area (Å²) in [5, 5.41) is 9.37. The van der Waals surface area contributed by atoms with E-state index in [1.165, 1.54) is 0 Å². The maximum Gasteiger partial charge on any atom is 0.275 e. The molecule has 5 rings (SSSR count). The first kappa shape index (κ1) is 20.0. The number of carbonyl (C=O) groups is 1. The Hall–Kier alpha value is -2.96. The summed E-state index contributed by atoms with van der Waals surface area (Å²) >= 11 is 12.7. The van der Waals surface area contributed by atoms with Gasteiger partial charge in [-0.25, -0.2) is 0 Å². The Labute approximate surface area is 189 Å². The number of hydrogen-bond donors (Lipinski definition) is 2. The zero-order chi connectivity index (χ0) is 21.7. The van der Waals surface area contributed by atoms with Crippen LogP contribution in [0.4, 0.5) is 0 Å². The third kappa shape index (κ3) is 3.27. The normalized spacial score (nSPS) is 15.7. The number of fused-ring (bicyclic) bond motifs is 2. The van der Waals surface area contributed by atoms with Crippen molar-refractivity contribution in [2.45, 2.75) is 19.4 Å². The highest BCUT2D eigenvalue weighted by atomic mass is 35.5. The van der Waals surface area contributed by atoms with Gasteiger partial charge in [0, 0.05) is 44.9 Å². The molecule has 1 aliphatic heterocycles. The number of amides is 1. The molecule has 2 aromatic carbocycles. The van der Waals surface area contributed by atoms with Crippen LogP contribution in [0.5, 0.6) is 5.75 Å². The van der Waals surface area contributed by atoms with Gasteiger partial charge < -0.3 is 14.6 Å². The van der Waals surface area contributed by atoms with Crippen molar-refractivity contribution in [3.05, 3.63) is 80.7 Å². The quantitative estimate of drug-likeness (QED) is 0.429. The number of benzene rings is 2. The first-order chi connectivity index (χ1) is 15.0. The third-order valence-corrected chi connectivity index (χ3v) is 6.46. The van der Waals surface area contributed by atoms with Crippen molar-refractivity contribution in [2.24, 2.45) is 0 Å². The van der Waals surface area contributed by atoms with Crippen molar-refractivity contribution in [2.75, 3.05) is 13.7 Å². The number of aryl methyl sites for hydroxylation is 1. The summed E-state index contributed by atoms with van der Waals surface area (Å²) < 4.78 is 5.37. The van der Waals surface area contributed by atoms with E-state index in [4.69, 9.17) is 27.9 Å². The predicted octanol–water partition coefficient (Wildman–Crippen LogP) is 5.30. The highest BCUT2D eigenvalue weighted by Gasteiger charge is 2.42. The van der Waals surface area contributed by atoms with Gasteiger partial charge in [-0.05, 0) is 54.8 Å². The number of nitrogens with one attached hydrogen (secondary N) is 2. The molecule has 1 aliphatic rings. The number of aromatic nitrogens is 3. The van der Waals surface area contributed by atoms with Crippen LogP contribution >= 0.6 is 23.2 Å². The van der Waals surface area contributed by atoms with Crippen LogP contribution in [0.25, 0.3) is 10.9 Å². The predicted molar refractivity (Wildman–Crippen MR) is 121 cm³/mol. The molecular weight excluding hydrogens is 435 g/mol. The van der Waals surface area contributed by atoms with E-state index in [1.807, 2.05) is 42.3 Å². The fourth-order valence-corrected chi connectivity index (χ4v) is 4.87. The molecule has 0 unspecified atom stereocenters. The number of hydrogen-bond acceptors (Lipinski definition) is 3. The highest BCUT2D eigenvalue weighted by Crippen LogP contribution is 2.42. The number of rotatable bonds is 5. The van der Waals surface area contributed by atoms with Gasteiger partial charge >= 0.3 is 0 Å². The van der Waals surface area contributed by atoms with Crippen molar-refractivity contribution in [1.29, 1.82) is 0 Å². The Morgan fingerprint density at radius 1 is 1.19 bits per heavy atom. The van der Waals surface area contributed by atoms with Crippen LogP contribution in [0.15, 0.2) is 42.6 Å². The van der Waals surface area contributed by atoms with Crippen LogP contribution in [0.1, 0.15) is 38.9 Å². The van der Waals surface area contributed by atoms with Gasteiger partial charge in [-0.3, -0.25) is 9.89 Å². The van der Waals surface area contributed by atoms with Gasteiger partial charge in [0.15, 0.2) is 5.69 Å². The minimum Gasteiger partial charge on any atom is -0.497 e. The van der Waals surface area contributed by atoms with Gasteiger partial charge in [0.05, 0.1) is 13.2 Å². The summed E-state index contributed by atoms with van der Waals surface area (Å²) in [5.74, 6) is 0.694. The molecule has 0 spiro atoms. The van der Waals surface area contributed by atoms with Crippen molar-refractivity contribution < 1.29 is 9.53 Å². The number of carbonyl (C=O) groups excluding carboxylic acids is 1. The first-order valence-electron chi connectivity index (χ1n) is 9.92. The number of nitrogens with zero attached hydrogens (tertiary/aromatic N) is 2. The van der Waals surface area contributed by atoms with E-state index in [1.54, 1.807) is 19.2 Å². The second-order valence-electron chi connectivity index (χ2n) is 7.65. The number of methoxy groups -OCH3 is 1. The summed E-state index contributed by atoms with van der Waals surface area (Å²) in [7, 11) is 1.65. The minimum atomic E-state index is -0.314. The lowest BCUT2D eigenvalue weighted by atomic mass is 9.99. The van der Waals surface area contributed by atoms with E-state index >= 15 is 0 Å². The Morgan fingerprint density at radius 3 is 2.81 bits per heavy atom. The number of H-pyrrole nitrogens is 2. The molecule has 0 aliphatic carbocycles. The van der Waals surface area contributed by atoms with Crippen LogP contribution in [0, 0.1) is 6.92 Å². The fourth-order valence-electron chi connectivity index (χ4n) is 4.35. The zero-order valence-electron chi connectivity index (χ0n) is 17.0. The average molecular weight is 455 g/mol. The maximum atomic E-state index is 13.2. The summed E-state index contributed by atoms with van der Waals surface area (Å²) in [5.41, 5.74) is 5.17. The molecule has 1 atom stereocenters. The Balaban J connectivity index is 1.51. The summed E-state index contributed by atoms with van der Waals surface area (Å²) in [6, 6.07) is 11.0. The SMILES string of the molecule is COc1ccc2[nH]cc(CCN3C(=O)c4n[nH]c(C)c4[C@H]3c3ccc(Cl)cc3Cl)c2c1. The van der Waals surface area contributed by atoms with Gasteiger partial charge in [0.25, 0.3) is 5.91 Å². The first-order valence-corrected chi connectivity index (χ1v) is 10.7. The fraction of sp³-hybridized carbons (Fsp3) is 0.217. The maximum absolute atomic E-state index is 13.2. The third-order valence-electron chi connectivity index (χ3n) is 5.90. The lowest BCUT2D eigenvalue weighted by Gasteiger charge is -2.27. The minimum absolute atomic E-state index is 0.104. The van der Waals surface area contributed by atoms with Gasteiger partial charge in [0.1, 0.15) is 5.75 Å². The standard InChI is InChI=1S/C23H20Cl2N4O2/c1-12-20-21(28-27-12)23(30)29(22(20)16-5-3-14(24)9-18(16)25)8-7-13-11-26-19-6-4-15(31-2)10-17(13)19/h3-6,9-11,22,26H,7-8H2,1-2H3,(H,27,28)/t22-/m1/s1. The van der Waals surface area contributed by atoms with E-state index in [2.05, 4.69) is 15.2 Å². The molecule has 6 nitrogen and oxygen atoms in total.